The van der Waals surface area contributed by atoms with Gasteiger partial charge in [0, 0.05) is 36.0 Å². The second-order valence-electron chi connectivity index (χ2n) is 5.13. The van der Waals surface area contributed by atoms with E-state index in [9.17, 15) is 0 Å². The summed E-state index contributed by atoms with van der Waals surface area (Å²) in [4.78, 5) is 8.56. The molecule has 0 spiro atoms. The van der Waals surface area contributed by atoms with E-state index >= 15 is 0 Å². The molecule has 1 aliphatic rings. The van der Waals surface area contributed by atoms with Gasteiger partial charge in [0.15, 0.2) is 0 Å². The fraction of sp³-hybridized carbons (Fsp3) is 0.375. The topological polar surface area (TPSA) is 47.0 Å². The molecule has 1 aliphatic heterocycles. The molecule has 20 heavy (non-hydrogen) atoms. The molecular formula is C16H19N3O. The third-order valence-corrected chi connectivity index (χ3v) is 3.74. The van der Waals surface area contributed by atoms with Crippen molar-refractivity contribution >= 4 is 0 Å². The molecule has 1 aromatic carbocycles. The van der Waals surface area contributed by atoms with Crippen molar-refractivity contribution in [3.05, 3.63) is 42.0 Å². The standard InChI is InChI=1S/C16H19N3O/c1-11-18-9-13(10-19-11)15-5-3-4-14-12(8-17-2)6-7-20-16(14)15/h3-5,9-10,12,17H,6-8H2,1-2H3. The van der Waals surface area contributed by atoms with Crippen molar-refractivity contribution in [2.24, 2.45) is 0 Å². The van der Waals surface area contributed by atoms with Gasteiger partial charge in [0.25, 0.3) is 0 Å². The summed E-state index contributed by atoms with van der Waals surface area (Å²) in [5.74, 6) is 2.29. The van der Waals surface area contributed by atoms with E-state index < -0.39 is 0 Å². The smallest absolute Gasteiger partial charge is 0.130 e. The number of hydrogen-bond donors (Lipinski definition) is 1. The van der Waals surface area contributed by atoms with Crippen LogP contribution in [0.25, 0.3) is 11.1 Å². The fourth-order valence-electron chi connectivity index (χ4n) is 2.71. The predicted octanol–water partition coefficient (Wildman–Crippen LogP) is 2.54. The predicted molar refractivity (Wildman–Crippen MR) is 79.0 cm³/mol. The second-order valence-corrected chi connectivity index (χ2v) is 5.13. The SMILES string of the molecule is CNCC1CCOc2c(-c3cnc(C)nc3)cccc21. The number of nitrogens with zero attached hydrogens (tertiary/aromatic N) is 2. The Bertz CT molecular complexity index is 595. The van der Waals surface area contributed by atoms with Crippen molar-refractivity contribution in [1.29, 1.82) is 0 Å². The molecule has 1 aromatic heterocycles. The third-order valence-electron chi connectivity index (χ3n) is 3.74. The quantitative estimate of drug-likeness (QED) is 0.930. The minimum Gasteiger partial charge on any atom is -0.493 e. The van der Waals surface area contributed by atoms with E-state index in [1.165, 1.54) is 5.56 Å². The Morgan fingerprint density at radius 2 is 2.10 bits per heavy atom. The van der Waals surface area contributed by atoms with Crippen molar-refractivity contribution in [2.75, 3.05) is 20.2 Å². The van der Waals surface area contributed by atoms with Crippen LogP contribution in [-0.4, -0.2) is 30.2 Å². The zero-order valence-corrected chi connectivity index (χ0v) is 11.9. The summed E-state index contributed by atoms with van der Waals surface area (Å²) in [5.41, 5.74) is 3.38. The number of nitrogens with one attached hydrogen (secondary N) is 1. The Hall–Kier alpha value is -1.94. The number of fused-ring (bicyclic) bond motifs is 1. The number of aryl methyl sites for hydroxylation is 1. The second kappa shape index (κ2) is 5.59. The molecule has 0 amide bonds. The molecule has 104 valence electrons. The van der Waals surface area contributed by atoms with Crippen molar-refractivity contribution in [2.45, 2.75) is 19.3 Å². The molecule has 4 nitrogen and oxygen atoms in total. The summed E-state index contributed by atoms with van der Waals surface area (Å²) in [6, 6.07) is 6.33. The lowest BCUT2D eigenvalue weighted by Gasteiger charge is -2.27. The number of rotatable bonds is 3. The van der Waals surface area contributed by atoms with Crippen LogP contribution in [0.4, 0.5) is 0 Å². The first kappa shape index (κ1) is 13.1. The molecule has 1 N–H and O–H groups in total. The highest BCUT2D eigenvalue weighted by atomic mass is 16.5. The van der Waals surface area contributed by atoms with Crippen LogP contribution in [0, 0.1) is 6.92 Å². The van der Waals surface area contributed by atoms with E-state index in [2.05, 4.69) is 33.5 Å². The summed E-state index contributed by atoms with van der Waals surface area (Å²) in [7, 11) is 1.99. The molecule has 0 fully saturated rings. The van der Waals surface area contributed by atoms with Gasteiger partial charge in [0.05, 0.1) is 6.61 Å². The first-order valence-electron chi connectivity index (χ1n) is 6.99. The molecule has 0 bridgehead atoms. The van der Waals surface area contributed by atoms with Crippen LogP contribution in [0.5, 0.6) is 5.75 Å². The maximum Gasteiger partial charge on any atom is 0.130 e. The number of likely N-dealkylation sites (N-methyl/N-ethyl adjacent to an activating group) is 1. The molecule has 2 heterocycles. The molecule has 0 saturated heterocycles. The van der Waals surface area contributed by atoms with Crippen LogP contribution >= 0.6 is 0 Å². The highest BCUT2D eigenvalue weighted by Gasteiger charge is 2.23. The lowest BCUT2D eigenvalue weighted by Crippen LogP contribution is -2.23. The van der Waals surface area contributed by atoms with Crippen LogP contribution in [0.3, 0.4) is 0 Å². The third kappa shape index (κ3) is 2.39. The summed E-state index contributed by atoms with van der Waals surface area (Å²) in [5, 5.41) is 3.26. The lowest BCUT2D eigenvalue weighted by molar-refractivity contribution is 0.267. The summed E-state index contributed by atoms with van der Waals surface area (Å²) in [6.45, 7) is 3.64. The number of benzene rings is 1. The summed E-state index contributed by atoms with van der Waals surface area (Å²) < 4.78 is 5.93. The summed E-state index contributed by atoms with van der Waals surface area (Å²) in [6.07, 6.45) is 4.79. The molecule has 0 saturated carbocycles. The van der Waals surface area contributed by atoms with Gasteiger partial charge >= 0.3 is 0 Å². The number of ether oxygens (including phenoxy) is 1. The van der Waals surface area contributed by atoms with Gasteiger partial charge in [-0.1, -0.05) is 18.2 Å². The van der Waals surface area contributed by atoms with Gasteiger partial charge in [-0.25, -0.2) is 9.97 Å². The lowest BCUT2D eigenvalue weighted by atomic mass is 9.90. The maximum atomic E-state index is 5.93. The van der Waals surface area contributed by atoms with Crippen molar-refractivity contribution in [3.8, 4) is 16.9 Å². The normalized spacial score (nSPS) is 17.4. The monoisotopic (exact) mass is 269 g/mol. The highest BCUT2D eigenvalue weighted by molar-refractivity contribution is 5.71. The Kier molecular flexibility index (Phi) is 3.65. The van der Waals surface area contributed by atoms with Crippen LogP contribution in [0.2, 0.25) is 0 Å². The molecule has 3 rings (SSSR count). The first-order valence-corrected chi connectivity index (χ1v) is 6.99. The molecular weight excluding hydrogens is 250 g/mol. The van der Waals surface area contributed by atoms with E-state index in [1.54, 1.807) is 0 Å². The maximum absolute atomic E-state index is 5.93. The van der Waals surface area contributed by atoms with Crippen molar-refractivity contribution in [1.82, 2.24) is 15.3 Å². The van der Waals surface area contributed by atoms with Crippen LogP contribution in [0.1, 0.15) is 23.7 Å². The number of aromatic nitrogens is 2. The zero-order valence-electron chi connectivity index (χ0n) is 11.9. The van der Waals surface area contributed by atoms with Gasteiger partial charge in [-0.15, -0.1) is 0 Å². The Morgan fingerprint density at radius 1 is 1.30 bits per heavy atom. The molecule has 0 radical (unpaired) electrons. The Labute approximate surface area is 119 Å². The Balaban J connectivity index is 2.05. The van der Waals surface area contributed by atoms with Gasteiger partial charge in [0.2, 0.25) is 0 Å². The minimum absolute atomic E-state index is 0.509. The van der Waals surface area contributed by atoms with Crippen molar-refractivity contribution < 1.29 is 4.74 Å². The largest absolute Gasteiger partial charge is 0.493 e. The van der Waals surface area contributed by atoms with E-state index in [0.717, 1.165) is 42.3 Å². The Morgan fingerprint density at radius 3 is 2.85 bits per heavy atom. The minimum atomic E-state index is 0.509. The fourth-order valence-corrected chi connectivity index (χ4v) is 2.71. The van der Waals surface area contributed by atoms with E-state index in [4.69, 9.17) is 4.74 Å². The molecule has 2 aromatic rings. The molecule has 1 atom stereocenters. The van der Waals surface area contributed by atoms with E-state index in [-0.39, 0.29) is 0 Å². The molecule has 1 unspecified atom stereocenters. The van der Waals surface area contributed by atoms with Gasteiger partial charge in [-0.3, -0.25) is 0 Å². The highest BCUT2D eigenvalue weighted by Crippen LogP contribution is 2.40. The van der Waals surface area contributed by atoms with E-state index in [1.807, 2.05) is 26.4 Å². The average Bonchev–Trinajstić information content (AvgIpc) is 2.48. The van der Waals surface area contributed by atoms with Crippen molar-refractivity contribution in [3.63, 3.8) is 0 Å². The van der Waals surface area contributed by atoms with Crippen LogP contribution in [-0.2, 0) is 0 Å². The van der Waals surface area contributed by atoms with Crippen LogP contribution < -0.4 is 10.1 Å². The van der Waals surface area contributed by atoms with Gasteiger partial charge in [-0.05, 0) is 26.0 Å². The average molecular weight is 269 g/mol. The zero-order chi connectivity index (χ0) is 13.9. The van der Waals surface area contributed by atoms with Gasteiger partial charge in [0.1, 0.15) is 11.6 Å². The van der Waals surface area contributed by atoms with Gasteiger partial charge in [-0.2, -0.15) is 0 Å². The number of hydrogen-bond acceptors (Lipinski definition) is 4. The first-order chi connectivity index (χ1) is 9.79. The van der Waals surface area contributed by atoms with E-state index in [0.29, 0.717) is 5.92 Å². The molecule has 4 heteroatoms. The van der Waals surface area contributed by atoms with Gasteiger partial charge < -0.3 is 10.1 Å². The molecule has 0 aliphatic carbocycles. The number of para-hydroxylation sites is 1. The summed E-state index contributed by atoms with van der Waals surface area (Å²) >= 11 is 0. The van der Waals surface area contributed by atoms with Crippen LogP contribution in [0.15, 0.2) is 30.6 Å².